The molecule has 0 spiro atoms. The molecular weight excluding hydrogens is 306 g/mol. The Hall–Kier alpha value is -0.470. The first-order valence-electron chi connectivity index (χ1n) is 7.28. The Bertz CT molecular complexity index is 512. The van der Waals surface area contributed by atoms with Crippen LogP contribution in [0.25, 0.3) is 0 Å². The molecule has 0 aliphatic rings. The number of nitrogens with one attached hydrogen (secondary N) is 1. The molecule has 122 valence electrons. The molecule has 0 aliphatic heterocycles. The van der Waals surface area contributed by atoms with E-state index in [0.717, 1.165) is 37.4 Å². The largest absolute Gasteiger partial charge is 0.317 e. The van der Waals surface area contributed by atoms with E-state index < -0.39 is 10.0 Å². The fourth-order valence-corrected chi connectivity index (χ4v) is 4.68. The number of hydrogen-bond acceptors (Lipinski definition) is 5. The lowest BCUT2D eigenvalue weighted by atomic mass is 10.3. The molecule has 0 saturated carbocycles. The first kappa shape index (κ1) is 18.6. The van der Waals surface area contributed by atoms with E-state index in [0.29, 0.717) is 10.8 Å². The van der Waals surface area contributed by atoms with Gasteiger partial charge in [0.2, 0.25) is 0 Å². The molecule has 1 aromatic heterocycles. The van der Waals surface area contributed by atoms with Crippen LogP contribution in [0.2, 0.25) is 0 Å². The molecule has 0 radical (unpaired) electrons. The highest BCUT2D eigenvalue weighted by atomic mass is 32.2. The second-order valence-electron chi connectivity index (χ2n) is 5.31. The monoisotopic (exact) mass is 333 g/mol. The van der Waals surface area contributed by atoms with Gasteiger partial charge >= 0.3 is 0 Å². The van der Waals surface area contributed by atoms with Crippen LogP contribution >= 0.6 is 11.3 Å². The van der Waals surface area contributed by atoms with Crippen molar-refractivity contribution < 1.29 is 8.42 Å². The van der Waals surface area contributed by atoms with Crippen LogP contribution in [0.15, 0.2) is 16.3 Å². The number of hydrogen-bond donors (Lipinski definition) is 1. The van der Waals surface area contributed by atoms with Crippen molar-refractivity contribution in [3.63, 3.8) is 0 Å². The second-order valence-corrected chi connectivity index (χ2v) is 8.75. The fourth-order valence-electron chi connectivity index (χ4n) is 1.90. The van der Waals surface area contributed by atoms with E-state index in [4.69, 9.17) is 0 Å². The fraction of sp³-hybridized carbons (Fsp3) is 0.714. The molecule has 1 N–H and O–H groups in total. The summed E-state index contributed by atoms with van der Waals surface area (Å²) in [4.78, 5) is 3.17. The van der Waals surface area contributed by atoms with Gasteiger partial charge in [-0.1, -0.05) is 6.92 Å². The third kappa shape index (κ3) is 6.04. The zero-order chi connectivity index (χ0) is 15.9. The molecule has 0 bridgehead atoms. The van der Waals surface area contributed by atoms with Crippen LogP contribution in [-0.2, 0) is 16.4 Å². The number of likely N-dealkylation sites (N-methyl/N-ethyl adjacent to an activating group) is 1. The Morgan fingerprint density at radius 1 is 1.19 bits per heavy atom. The summed E-state index contributed by atoms with van der Waals surface area (Å²) < 4.78 is 26.8. The van der Waals surface area contributed by atoms with Gasteiger partial charge in [-0.05, 0) is 58.7 Å². The predicted octanol–water partition coefficient (Wildman–Crippen LogP) is 1.47. The van der Waals surface area contributed by atoms with Crippen LogP contribution in [-0.4, -0.2) is 64.9 Å². The van der Waals surface area contributed by atoms with Crippen LogP contribution in [0.5, 0.6) is 0 Å². The lowest BCUT2D eigenvalue weighted by Crippen LogP contribution is -2.29. The first-order chi connectivity index (χ1) is 9.87. The van der Waals surface area contributed by atoms with Crippen molar-refractivity contribution in [1.29, 1.82) is 0 Å². The van der Waals surface area contributed by atoms with Crippen molar-refractivity contribution in [2.75, 3.05) is 47.3 Å². The SMILES string of the molecule is CCNCCc1ccc(S(=O)(=O)N(C)CCCN(C)C)s1. The lowest BCUT2D eigenvalue weighted by Gasteiger charge is -2.17. The van der Waals surface area contributed by atoms with Crippen LogP contribution < -0.4 is 5.32 Å². The highest BCUT2D eigenvalue weighted by Crippen LogP contribution is 2.24. The van der Waals surface area contributed by atoms with Crippen LogP contribution in [0.1, 0.15) is 18.2 Å². The van der Waals surface area contributed by atoms with E-state index in [9.17, 15) is 8.42 Å². The normalized spacial score (nSPS) is 12.5. The summed E-state index contributed by atoms with van der Waals surface area (Å²) in [6.45, 7) is 5.32. The zero-order valence-electron chi connectivity index (χ0n) is 13.4. The van der Waals surface area contributed by atoms with Crippen molar-refractivity contribution in [1.82, 2.24) is 14.5 Å². The van der Waals surface area contributed by atoms with E-state index in [2.05, 4.69) is 17.1 Å². The molecule has 0 fully saturated rings. The van der Waals surface area contributed by atoms with Crippen LogP contribution in [0.4, 0.5) is 0 Å². The minimum Gasteiger partial charge on any atom is -0.317 e. The summed E-state index contributed by atoms with van der Waals surface area (Å²) in [5.74, 6) is 0. The topological polar surface area (TPSA) is 52.7 Å². The number of sulfonamides is 1. The quantitative estimate of drug-likeness (QED) is 0.659. The maximum atomic E-state index is 12.5. The Kier molecular flexibility index (Phi) is 7.83. The Morgan fingerprint density at radius 3 is 2.52 bits per heavy atom. The highest BCUT2D eigenvalue weighted by Gasteiger charge is 2.22. The second kappa shape index (κ2) is 8.85. The van der Waals surface area contributed by atoms with Gasteiger partial charge in [-0.25, -0.2) is 12.7 Å². The minimum absolute atomic E-state index is 0.446. The number of nitrogens with zero attached hydrogens (tertiary/aromatic N) is 2. The average molecular weight is 334 g/mol. The molecule has 0 aromatic carbocycles. The molecule has 0 aliphatic carbocycles. The highest BCUT2D eigenvalue weighted by molar-refractivity contribution is 7.91. The molecule has 5 nitrogen and oxygen atoms in total. The molecule has 1 aromatic rings. The predicted molar refractivity (Wildman–Crippen MR) is 89.6 cm³/mol. The van der Waals surface area contributed by atoms with Gasteiger partial charge in [0.25, 0.3) is 10.0 Å². The van der Waals surface area contributed by atoms with Crippen molar-refractivity contribution in [2.24, 2.45) is 0 Å². The smallest absolute Gasteiger partial charge is 0.252 e. The van der Waals surface area contributed by atoms with E-state index in [1.54, 1.807) is 13.1 Å². The van der Waals surface area contributed by atoms with Crippen LogP contribution in [0, 0.1) is 0 Å². The summed E-state index contributed by atoms with van der Waals surface area (Å²) >= 11 is 1.38. The number of thiophene rings is 1. The summed E-state index contributed by atoms with van der Waals surface area (Å²) in [5, 5.41) is 3.25. The van der Waals surface area contributed by atoms with Gasteiger partial charge in [0.15, 0.2) is 0 Å². The van der Waals surface area contributed by atoms with Crippen LogP contribution in [0.3, 0.4) is 0 Å². The van der Waals surface area contributed by atoms with E-state index >= 15 is 0 Å². The molecule has 0 atom stereocenters. The third-order valence-electron chi connectivity index (χ3n) is 3.18. The summed E-state index contributed by atoms with van der Waals surface area (Å²) in [7, 11) is 2.30. The molecule has 7 heteroatoms. The van der Waals surface area contributed by atoms with E-state index in [1.165, 1.54) is 15.6 Å². The maximum absolute atomic E-state index is 12.5. The van der Waals surface area contributed by atoms with Gasteiger partial charge in [0.1, 0.15) is 4.21 Å². The molecule has 21 heavy (non-hydrogen) atoms. The van der Waals surface area contributed by atoms with E-state index in [-0.39, 0.29) is 0 Å². The van der Waals surface area contributed by atoms with E-state index in [1.807, 2.05) is 20.2 Å². The Balaban J connectivity index is 2.60. The standard InChI is InChI=1S/C14H27N3O2S2/c1-5-15-10-9-13-7-8-14(20-13)21(18,19)17(4)12-6-11-16(2)3/h7-8,15H,5-6,9-12H2,1-4H3. The van der Waals surface area contributed by atoms with Gasteiger partial charge in [-0.15, -0.1) is 11.3 Å². The van der Waals surface area contributed by atoms with Crippen molar-refractivity contribution in [3.05, 3.63) is 17.0 Å². The molecule has 1 heterocycles. The summed E-state index contributed by atoms with van der Waals surface area (Å²) in [5.41, 5.74) is 0. The third-order valence-corrected chi connectivity index (χ3v) is 6.65. The van der Waals surface area contributed by atoms with Crippen molar-refractivity contribution >= 4 is 21.4 Å². The van der Waals surface area contributed by atoms with Gasteiger partial charge in [-0.2, -0.15) is 0 Å². The Morgan fingerprint density at radius 2 is 1.90 bits per heavy atom. The van der Waals surface area contributed by atoms with Gasteiger partial charge in [0.05, 0.1) is 0 Å². The van der Waals surface area contributed by atoms with Crippen molar-refractivity contribution in [2.45, 2.75) is 24.0 Å². The van der Waals surface area contributed by atoms with Crippen molar-refractivity contribution in [3.8, 4) is 0 Å². The molecular formula is C14H27N3O2S2. The van der Waals surface area contributed by atoms with Gasteiger partial charge in [0, 0.05) is 18.5 Å². The lowest BCUT2D eigenvalue weighted by molar-refractivity contribution is 0.370. The maximum Gasteiger partial charge on any atom is 0.252 e. The average Bonchev–Trinajstić information content (AvgIpc) is 2.88. The van der Waals surface area contributed by atoms with Gasteiger partial charge in [-0.3, -0.25) is 0 Å². The number of rotatable bonds is 10. The zero-order valence-corrected chi connectivity index (χ0v) is 15.1. The molecule has 0 unspecified atom stereocenters. The summed E-state index contributed by atoms with van der Waals surface area (Å²) in [6.07, 6.45) is 1.71. The first-order valence-corrected chi connectivity index (χ1v) is 9.54. The minimum atomic E-state index is -3.33. The Labute approximate surface area is 133 Å². The molecule has 0 saturated heterocycles. The van der Waals surface area contributed by atoms with Gasteiger partial charge < -0.3 is 10.2 Å². The summed E-state index contributed by atoms with van der Waals surface area (Å²) in [6, 6.07) is 3.65. The molecule has 1 rings (SSSR count). The molecule has 0 amide bonds.